The van der Waals surface area contributed by atoms with E-state index in [9.17, 15) is 14.0 Å². The lowest BCUT2D eigenvalue weighted by Gasteiger charge is -2.10. The summed E-state index contributed by atoms with van der Waals surface area (Å²) in [6, 6.07) is 11.8. The maximum atomic E-state index is 14.3. The summed E-state index contributed by atoms with van der Waals surface area (Å²) in [7, 11) is 1.56. The van der Waals surface area contributed by atoms with E-state index >= 15 is 0 Å². The van der Waals surface area contributed by atoms with Gasteiger partial charge in [-0.05, 0) is 23.8 Å². The van der Waals surface area contributed by atoms with Gasteiger partial charge in [-0.1, -0.05) is 24.3 Å². The topological polar surface area (TPSA) is 81.8 Å². The molecule has 146 valence electrons. The van der Waals surface area contributed by atoms with Crippen molar-refractivity contribution in [3.05, 3.63) is 88.6 Å². The number of aryl methyl sites for hydroxylation is 1. The lowest BCUT2D eigenvalue weighted by molar-refractivity contribution is -0.120. The number of aromatic nitrogens is 4. The summed E-state index contributed by atoms with van der Waals surface area (Å²) in [6.45, 7) is 0.184. The molecule has 2 heterocycles. The monoisotopic (exact) mass is 391 g/mol. The summed E-state index contributed by atoms with van der Waals surface area (Å²) >= 11 is 0. The van der Waals surface area contributed by atoms with Crippen LogP contribution in [0.4, 0.5) is 4.39 Å². The van der Waals surface area contributed by atoms with Crippen molar-refractivity contribution in [1.29, 1.82) is 0 Å². The van der Waals surface area contributed by atoms with Gasteiger partial charge in [0, 0.05) is 31.4 Å². The molecule has 0 aliphatic carbocycles. The second-order valence-corrected chi connectivity index (χ2v) is 6.63. The van der Waals surface area contributed by atoms with Crippen LogP contribution in [0.15, 0.2) is 66.0 Å². The van der Waals surface area contributed by atoms with Crippen molar-refractivity contribution in [2.24, 2.45) is 7.05 Å². The van der Waals surface area contributed by atoms with E-state index in [1.54, 1.807) is 60.4 Å². The van der Waals surface area contributed by atoms with Crippen LogP contribution in [-0.2, 0) is 24.8 Å². The smallest absolute Gasteiger partial charge is 0.274 e. The van der Waals surface area contributed by atoms with Crippen molar-refractivity contribution in [3.63, 3.8) is 0 Å². The van der Waals surface area contributed by atoms with Gasteiger partial charge in [-0.2, -0.15) is 5.10 Å². The highest BCUT2D eigenvalue weighted by molar-refractivity contribution is 5.88. The first-order chi connectivity index (χ1) is 14.0. The third kappa shape index (κ3) is 3.77. The fourth-order valence-electron chi connectivity index (χ4n) is 3.19. The van der Waals surface area contributed by atoms with Gasteiger partial charge < -0.3 is 9.88 Å². The number of hydrogen-bond acceptors (Lipinski definition) is 4. The molecule has 0 spiro atoms. The van der Waals surface area contributed by atoms with Crippen LogP contribution in [-0.4, -0.2) is 25.2 Å². The molecule has 7 nitrogen and oxygen atoms in total. The molecule has 1 N–H and O–H groups in total. The van der Waals surface area contributed by atoms with Gasteiger partial charge in [0.15, 0.2) is 0 Å². The van der Waals surface area contributed by atoms with Gasteiger partial charge in [-0.3, -0.25) is 9.59 Å². The molecule has 0 radical (unpaired) electrons. The quantitative estimate of drug-likeness (QED) is 0.565. The van der Waals surface area contributed by atoms with Gasteiger partial charge in [-0.25, -0.2) is 14.1 Å². The van der Waals surface area contributed by atoms with E-state index in [4.69, 9.17) is 0 Å². The Bertz CT molecular complexity index is 1250. The number of nitrogens with one attached hydrogen (secondary N) is 1. The summed E-state index contributed by atoms with van der Waals surface area (Å²) in [6.07, 6.45) is 4.77. The number of carbonyl (C=O) groups is 1. The summed E-state index contributed by atoms with van der Waals surface area (Å²) in [5.41, 5.74) is 1.33. The highest BCUT2D eigenvalue weighted by atomic mass is 19.1. The number of nitrogens with zero attached hydrogens (tertiary/aromatic N) is 4. The van der Waals surface area contributed by atoms with Gasteiger partial charge >= 0.3 is 0 Å². The second-order valence-electron chi connectivity index (χ2n) is 6.63. The van der Waals surface area contributed by atoms with Crippen LogP contribution < -0.4 is 10.9 Å². The SMILES string of the molecule is Cn1nc(CC(=O)NCc2ccc(-n3ccnc3)c(F)c2)c2ccccc2c1=O. The van der Waals surface area contributed by atoms with Gasteiger partial charge in [0.1, 0.15) is 5.82 Å². The zero-order chi connectivity index (χ0) is 20.4. The molecule has 0 saturated carbocycles. The Labute approximate surface area is 165 Å². The van der Waals surface area contributed by atoms with Crippen LogP contribution in [0.5, 0.6) is 0 Å². The third-order valence-corrected chi connectivity index (χ3v) is 4.65. The Balaban J connectivity index is 1.47. The first kappa shape index (κ1) is 18.5. The van der Waals surface area contributed by atoms with Crippen molar-refractivity contribution < 1.29 is 9.18 Å². The van der Waals surface area contributed by atoms with Crippen molar-refractivity contribution in [2.75, 3.05) is 0 Å². The van der Waals surface area contributed by atoms with E-state index in [0.29, 0.717) is 27.7 Å². The van der Waals surface area contributed by atoms with Crippen molar-refractivity contribution in [2.45, 2.75) is 13.0 Å². The second kappa shape index (κ2) is 7.67. The Morgan fingerprint density at radius 1 is 1.17 bits per heavy atom. The first-order valence-corrected chi connectivity index (χ1v) is 9.01. The fourth-order valence-corrected chi connectivity index (χ4v) is 3.19. The minimum Gasteiger partial charge on any atom is -0.352 e. The van der Waals surface area contributed by atoms with Crippen molar-refractivity contribution in [3.8, 4) is 5.69 Å². The number of hydrogen-bond donors (Lipinski definition) is 1. The van der Waals surface area contributed by atoms with Gasteiger partial charge in [0.2, 0.25) is 5.91 Å². The lowest BCUT2D eigenvalue weighted by atomic mass is 10.1. The molecule has 0 aliphatic heterocycles. The molecule has 0 atom stereocenters. The molecule has 2 aromatic heterocycles. The maximum absolute atomic E-state index is 14.3. The van der Waals surface area contributed by atoms with E-state index in [1.165, 1.54) is 17.1 Å². The molecule has 29 heavy (non-hydrogen) atoms. The van der Waals surface area contributed by atoms with E-state index in [1.807, 2.05) is 0 Å². The van der Waals surface area contributed by atoms with Crippen molar-refractivity contribution in [1.82, 2.24) is 24.6 Å². The molecular weight excluding hydrogens is 373 g/mol. The third-order valence-electron chi connectivity index (χ3n) is 4.65. The highest BCUT2D eigenvalue weighted by Gasteiger charge is 2.13. The standard InChI is InChI=1S/C21H18FN5O2/c1-26-21(29)16-5-3-2-4-15(16)18(25-26)11-20(28)24-12-14-6-7-19(17(22)10-14)27-9-8-23-13-27/h2-10,13H,11-12H2,1H3,(H,24,28). The van der Waals surface area contributed by atoms with Gasteiger partial charge in [0.25, 0.3) is 5.56 Å². The minimum absolute atomic E-state index is 0.0181. The predicted molar refractivity (Wildman–Crippen MR) is 106 cm³/mol. The molecule has 8 heteroatoms. The summed E-state index contributed by atoms with van der Waals surface area (Å²) < 4.78 is 17.1. The van der Waals surface area contributed by atoms with Crippen LogP contribution in [0.3, 0.4) is 0 Å². The zero-order valence-electron chi connectivity index (χ0n) is 15.7. The minimum atomic E-state index is -0.402. The summed E-state index contributed by atoms with van der Waals surface area (Å²) in [4.78, 5) is 28.5. The normalized spacial score (nSPS) is 11.0. The van der Waals surface area contributed by atoms with Crippen LogP contribution >= 0.6 is 0 Å². The molecule has 1 amide bonds. The molecule has 0 aliphatic rings. The molecule has 0 saturated heterocycles. The van der Waals surface area contributed by atoms with Gasteiger partial charge in [-0.15, -0.1) is 0 Å². The maximum Gasteiger partial charge on any atom is 0.274 e. The zero-order valence-corrected chi connectivity index (χ0v) is 15.7. The predicted octanol–water partition coefficient (Wildman–Crippen LogP) is 2.12. The number of rotatable bonds is 5. The number of benzene rings is 2. The van der Waals surface area contributed by atoms with E-state index in [2.05, 4.69) is 15.4 Å². The van der Waals surface area contributed by atoms with Crippen LogP contribution in [0, 0.1) is 5.82 Å². The largest absolute Gasteiger partial charge is 0.352 e. The fraction of sp³-hybridized carbons (Fsp3) is 0.143. The van der Waals surface area contributed by atoms with E-state index in [-0.39, 0.29) is 24.4 Å². The number of imidazole rings is 1. The molecule has 0 fully saturated rings. The van der Waals surface area contributed by atoms with Crippen LogP contribution in [0.1, 0.15) is 11.3 Å². The highest BCUT2D eigenvalue weighted by Crippen LogP contribution is 2.16. The Kier molecular flexibility index (Phi) is 4.90. The number of fused-ring (bicyclic) bond motifs is 1. The van der Waals surface area contributed by atoms with Crippen molar-refractivity contribution >= 4 is 16.7 Å². The molecular formula is C21H18FN5O2. The summed E-state index contributed by atoms with van der Waals surface area (Å²) in [5, 5.41) is 8.17. The molecule has 2 aromatic carbocycles. The number of carbonyl (C=O) groups excluding carboxylic acids is 1. The van der Waals surface area contributed by atoms with E-state index in [0.717, 1.165) is 0 Å². The molecule has 0 bridgehead atoms. The molecule has 0 unspecified atom stereocenters. The molecule has 4 rings (SSSR count). The Hall–Kier alpha value is -3.81. The molecule has 4 aromatic rings. The van der Waals surface area contributed by atoms with E-state index < -0.39 is 5.82 Å². The Morgan fingerprint density at radius 2 is 1.97 bits per heavy atom. The number of amides is 1. The average molecular weight is 391 g/mol. The number of halogens is 1. The summed E-state index contributed by atoms with van der Waals surface area (Å²) in [5.74, 6) is -0.666. The van der Waals surface area contributed by atoms with Crippen LogP contribution in [0.25, 0.3) is 16.5 Å². The average Bonchev–Trinajstić information content (AvgIpc) is 3.25. The lowest BCUT2D eigenvalue weighted by Crippen LogP contribution is -2.27. The van der Waals surface area contributed by atoms with Crippen LogP contribution in [0.2, 0.25) is 0 Å². The van der Waals surface area contributed by atoms with Gasteiger partial charge in [0.05, 0.1) is 29.5 Å². The first-order valence-electron chi connectivity index (χ1n) is 9.01. The Morgan fingerprint density at radius 3 is 2.69 bits per heavy atom.